The van der Waals surface area contributed by atoms with E-state index in [1.165, 1.54) is 46.8 Å². The van der Waals surface area contributed by atoms with E-state index in [4.69, 9.17) is 23.2 Å². The molecule has 1 saturated heterocycles. The van der Waals surface area contributed by atoms with E-state index in [0.717, 1.165) is 19.3 Å². The fourth-order valence-electron chi connectivity index (χ4n) is 3.47. The zero-order valence-electron chi connectivity index (χ0n) is 19.6. The molecular weight excluding hydrogens is 545 g/mol. The minimum absolute atomic E-state index is 0.0115. The lowest BCUT2D eigenvalue weighted by Crippen LogP contribution is -2.47. The van der Waals surface area contributed by atoms with Gasteiger partial charge in [0.25, 0.3) is 17.7 Å². The number of amides is 4. The molecule has 4 amide bonds. The molecular formula is C23H25Cl2N5O6S. The maximum atomic E-state index is 12.8. The highest BCUT2D eigenvalue weighted by Crippen LogP contribution is 2.22. The van der Waals surface area contributed by atoms with E-state index >= 15 is 0 Å². The molecule has 14 heteroatoms. The molecule has 0 aromatic heterocycles. The van der Waals surface area contributed by atoms with E-state index in [-0.39, 0.29) is 21.0 Å². The monoisotopic (exact) mass is 569 g/mol. The number of hydrogen-bond donors (Lipinski definition) is 4. The Labute approximate surface area is 223 Å². The third kappa shape index (κ3) is 7.89. The van der Waals surface area contributed by atoms with Crippen LogP contribution in [0.15, 0.2) is 47.4 Å². The summed E-state index contributed by atoms with van der Waals surface area (Å²) in [6.45, 7) is -0.0477. The number of halogens is 2. The normalized spacial score (nSPS) is 13.9. The molecule has 1 heterocycles. The summed E-state index contributed by atoms with van der Waals surface area (Å²) >= 11 is 11.7. The van der Waals surface area contributed by atoms with Gasteiger partial charge in [-0.05, 0) is 49.2 Å². The fraction of sp³-hybridized carbons (Fsp3) is 0.304. The number of hydrazine groups is 1. The molecule has 37 heavy (non-hydrogen) atoms. The van der Waals surface area contributed by atoms with Gasteiger partial charge >= 0.3 is 0 Å². The minimum Gasteiger partial charge on any atom is -0.345 e. The van der Waals surface area contributed by atoms with Gasteiger partial charge in [-0.25, -0.2) is 8.42 Å². The number of hydrogen-bond acceptors (Lipinski definition) is 6. The van der Waals surface area contributed by atoms with Crippen molar-refractivity contribution in [3.05, 3.63) is 63.6 Å². The van der Waals surface area contributed by atoms with Crippen LogP contribution in [0.5, 0.6) is 0 Å². The quantitative estimate of drug-likeness (QED) is 0.353. The summed E-state index contributed by atoms with van der Waals surface area (Å²) in [5.74, 6) is -2.73. The molecule has 0 spiro atoms. The van der Waals surface area contributed by atoms with Crippen molar-refractivity contribution in [2.24, 2.45) is 0 Å². The number of rotatable bonds is 8. The maximum absolute atomic E-state index is 12.8. The van der Waals surface area contributed by atoms with Crippen LogP contribution in [0.1, 0.15) is 40.0 Å². The van der Waals surface area contributed by atoms with Crippen molar-refractivity contribution in [3.63, 3.8) is 0 Å². The molecule has 11 nitrogen and oxygen atoms in total. The topological polar surface area (TPSA) is 154 Å². The first kappa shape index (κ1) is 28.4. The molecule has 198 valence electrons. The molecule has 0 bridgehead atoms. The second-order valence-electron chi connectivity index (χ2n) is 8.08. The molecule has 0 radical (unpaired) electrons. The molecule has 0 atom stereocenters. The summed E-state index contributed by atoms with van der Waals surface area (Å²) in [6, 6.07) is 9.78. The van der Waals surface area contributed by atoms with Crippen molar-refractivity contribution < 1.29 is 27.6 Å². The number of piperidine rings is 1. The van der Waals surface area contributed by atoms with Gasteiger partial charge in [-0.15, -0.1) is 0 Å². The van der Waals surface area contributed by atoms with Crippen molar-refractivity contribution in [2.75, 3.05) is 26.2 Å². The Bertz CT molecular complexity index is 1300. The highest BCUT2D eigenvalue weighted by Gasteiger charge is 2.26. The van der Waals surface area contributed by atoms with Crippen LogP contribution in [-0.4, -0.2) is 62.5 Å². The van der Waals surface area contributed by atoms with Gasteiger partial charge in [-0.3, -0.25) is 30.0 Å². The molecule has 3 rings (SSSR count). The molecule has 2 aromatic carbocycles. The van der Waals surface area contributed by atoms with E-state index in [0.29, 0.717) is 18.1 Å². The van der Waals surface area contributed by atoms with Crippen molar-refractivity contribution >= 4 is 56.9 Å². The standard InChI is InChI=1S/C23H25Cl2N5O6S/c24-16-7-8-18(19(25)12-16)23(34)27-13-20(31)26-14-21(32)28-29-22(33)15-5-4-6-17(11-15)37(35,36)30-9-2-1-3-10-30/h4-8,11-12H,1-3,9-10,13-14H2,(H,26,31)(H,27,34)(H,28,32)(H,29,33). The van der Waals surface area contributed by atoms with Gasteiger partial charge in [0.1, 0.15) is 0 Å². The van der Waals surface area contributed by atoms with Crippen LogP contribution in [-0.2, 0) is 19.6 Å². The lowest BCUT2D eigenvalue weighted by atomic mass is 10.2. The van der Waals surface area contributed by atoms with Gasteiger partial charge in [-0.1, -0.05) is 35.7 Å². The Kier molecular flexibility index (Phi) is 9.86. The predicted molar refractivity (Wildman–Crippen MR) is 136 cm³/mol. The minimum atomic E-state index is -3.73. The van der Waals surface area contributed by atoms with Crippen molar-refractivity contribution in [2.45, 2.75) is 24.2 Å². The van der Waals surface area contributed by atoms with Crippen LogP contribution >= 0.6 is 23.2 Å². The molecule has 1 aliphatic heterocycles. The second kappa shape index (κ2) is 12.9. The molecule has 1 fully saturated rings. The van der Waals surface area contributed by atoms with Gasteiger partial charge in [0, 0.05) is 23.7 Å². The van der Waals surface area contributed by atoms with Crippen LogP contribution in [0.4, 0.5) is 0 Å². The zero-order chi connectivity index (χ0) is 27.0. The predicted octanol–water partition coefficient (Wildman–Crippen LogP) is 1.48. The van der Waals surface area contributed by atoms with E-state index in [1.807, 2.05) is 0 Å². The Hall–Kier alpha value is -3.19. The van der Waals surface area contributed by atoms with Crippen LogP contribution in [0.3, 0.4) is 0 Å². The van der Waals surface area contributed by atoms with Gasteiger partial charge in [0.05, 0.1) is 28.6 Å². The van der Waals surface area contributed by atoms with Crippen molar-refractivity contribution in [3.8, 4) is 0 Å². The number of nitrogens with one attached hydrogen (secondary N) is 4. The fourth-order valence-corrected chi connectivity index (χ4v) is 5.52. The van der Waals surface area contributed by atoms with E-state index < -0.39 is 46.7 Å². The summed E-state index contributed by atoms with van der Waals surface area (Å²) in [5, 5.41) is 5.12. The average Bonchev–Trinajstić information content (AvgIpc) is 2.89. The number of benzene rings is 2. The van der Waals surface area contributed by atoms with Crippen molar-refractivity contribution in [1.82, 2.24) is 25.8 Å². The van der Waals surface area contributed by atoms with Crippen LogP contribution in [0.25, 0.3) is 0 Å². The highest BCUT2D eigenvalue weighted by molar-refractivity contribution is 7.89. The molecule has 0 aliphatic carbocycles. The summed E-state index contributed by atoms with van der Waals surface area (Å²) in [4.78, 5) is 48.5. The van der Waals surface area contributed by atoms with Crippen LogP contribution in [0, 0.1) is 0 Å². The third-order valence-electron chi connectivity index (χ3n) is 5.40. The summed E-state index contributed by atoms with van der Waals surface area (Å²) in [6.07, 6.45) is 2.54. The number of sulfonamides is 1. The first-order valence-corrected chi connectivity index (χ1v) is 13.5. The molecule has 4 N–H and O–H groups in total. The number of carbonyl (C=O) groups excluding carboxylic acids is 4. The number of nitrogens with zero attached hydrogens (tertiary/aromatic N) is 1. The molecule has 2 aromatic rings. The van der Waals surface area contributed by atoms with E-state index in [1.54, 1.807) is 0 Å². The van der Waals surface area contributed by atoms with Gasteiger partial charge in [0.2, 0.25) is 15.9 Å². The molecule has 0 saturated carbocycles. The number of carbonyl (C=O) groups is 4. The van der Waals surface area contributed by atoms with Crippen LogP contribution < -0.4 is 21.5 Å². The lowest BCUT2D eigenvalue weighted by Gasteiger charge is -2.26. The Balaban J connectivity index is 1.44. The smallest absolute Gasteiger partial charge is 0.269 e. The Morgan fingerprint density at radius 1 is 0.811 bits per heavy atom. The summed E-state index contributed by atoms with van der Waals surface area (Å²) in [5.41, 5.74) is 4.47. The second-order valence-corrected chi connectivity index (χ2v) is 10.9. The first-order valence-electron chi connectivity index (χ1n) is 11.3. The van der Waals surface area contributed by atoms with Crippen molar-refractivity contribution in [1.29, 1.82) is 0 Å². The summed E-state index contributed by atoms with van der Waals surface area (Å²) < 4.78 is 27.1. The average molecular weight is 570 g/mol. The van der Waals surface area contributed by atoms with E-state index in [2.05, 4.69) is 21.5 Å². The largest absolute Gasteiger partial charge is 0.345 e. The van der Waals surface area contributed by atoms with Gasteiger partial charge in [0.15, 0.2) is 0 Å². The lowest BCUT2D eigenvalue weighted by molar-refractivity contribution is -0.125. The molecule has 1 aliphatic rings. The summed E-state index contributed by atoms with van der Waals surface area (Å²) in [7, 11) is -3.73. The highest BCUT2D eigenvalue weighted by atomic mass is 35.5. The molecule has 0 unspecified atom stereocenters. The SMILES string of the molecule is O=C(CNC(=O)c1ccc(Cl)cc1Cl)NCC(=O)NNC(=O)c1cccc(S(=O)(=O)N2CCCCC2)c1. The first-order chi connectivity index (χ1) is 17.6. The van der Waals surface area contributed by atoms with E-state index in [9.17, 15) is 27.6 Å². The van der Waals surface area contributed by atoms with Gasteiger partial charge < -0.3 is 10.6 Å². The Morgan fingerprint density at radius 2 is 1.51 bits per heavy atom. The zero-order valence-corrected chi connectivity index (χ0v) is 21.9. The Morgan fingerprint density at radius 3 is 2.22 bits per heavy atom. The van der Waals surface area contributed by atoms with Crippen LogP contribution in [0.2, 0.25) is 10.0 Å². The van der Waals surface area contributed by atoms with Gasteiger partial charge in [-0.2, -0.15) is 4.31 Å². The third-order valence-corrected chi connectivity index (χ3v) is 7.84. The maximum Gasteiger partial charge on any atom is 0.269 e.